The van der Waals surface area contributed by atoms with E-state index in [1.165, 1.54) is 12.1 Å². The maximum Gasteiger partial charge on any atom is 0.236 e. The van der Waals surface area contributed by atoms with Gasteiger partial charge in [0.1, 0.15) is 11.6 Å². The molecule has 0 spiro atoms. The van der Waals surface area contributed by atoms with E-state index in [2.05, 4.69) is 0 Å². The lowest BCUT2D eigenvalue weighted by Gasteiger charge is -2.32. The Morgan fingerprint density at radius 3 is 2.28 bits per heavy atom. The van der Waals surface area contributed by atoms with Gasteiger partial charge in [-0.25, -0.2) is 8.78 Å². The third kappa shape index (κ3) is 2.85. The van der Waals surface area contributed by atoms with Crippen molar-refractivity contribution in [3.63, 3.8) is 0 Å². The average Bonchev–Trinajstić information content (AvgIpc) is 2.37. The standard InChI is InChI=1S/C13H16F2N2O/c14-11-5-10(6-12(15)7-11)9-1-3-17(4-2-9)13(18)8-16/h5-7,9H,1-4,8,16H2. The molecular weight excluding hydrogens is 238 g/mol. The van der Waals surface area contributed by atoms with Gasteiger partial charge in [0.15, 0.2) is 0 Å². The van der Waals surface area contributed by atoms with Gasteiger partial charge in [-0.1, -0.05) is 0 Å². The molecule has 18 heavy (non-hydrogen) atoms. The van der Waals surface area contributed by atoms with Gasteiger partial charge in [0.25, 0.3) is 0 Å². The molecule has 3 nitrogen and oxygen atoms in total. The van der Waals surface area contributed by atoms with Gasteiger partial charge in [-0.05, 0) is 36.5 Å². The molecule has 0 aliphatic carbocycles. The Balaban J connectivity index is 2.03. The maximum absolute atomic E-state index is 13.1. The molecule has 2 N–H and O–H groups in total. The minimum absolute atomic E-state index is 0.0132. The first-order valence-electron chi connectivity index (χ1n) is 6.04. The molecule has 98 valence electrons. The number of nitrogens with two attached hydrogens (primary N) is 1. The molecule has 1 aliphatic rings. The maximum atomic E-state index is 13.1. The SMILES string of the molecule is NCC(=O)N1CCC(c2cc(F)cc(F)c2)CC1. The fraction of sp³-hybridized carbons (Fsp3) is 0.462. The molecule has 0 unspecified atom stereocenters. The fourth-order valence-corrected chi connectivity index (χ4v) is 2.40. The molecule has 0 atom stereocenters. The smallest absolute Gasteiger partial charge is 0.236 e. The van der Waals surface area contributed by atoms with E-state index in [1.54, 1.807) is 4.90 Å². The molecular formula is C13H16F2N2O. The minimum atomic E-state index is -0.550. The van der Waals surface area contributed by atoms with Crippen LogP contribution in [0.4, 0.5) is 8.78 Å². The number of hydrogen-bond donors (Lipinski definition) is 1. The Labute approximate surface area is 105 Å². The van der Waals surface area contributed by atoms with Crippen molar-refractivity contribution in [1.82, 2.24) is 4.90 Å². The Morgan fingerprint density at radius 2 is 1.78 bits per heavy atom. The number of amides is 1. The fourth-order valence-electron chi connectivity index (χ4n) is 2.40. The second-order valence-electron chi connectivity index (χ2n) is 4.56. The van der Waals surface area contributed by atoms with E-state index in [0.29, 0.717) is 31.5 Å². The third-order valence-electron chi connectivity index (χ3n) is 3.38. The van der Waals surface area contributed by atoms with Crippen LogP contribution >= 0.6 is 0 Å². The van der Waals surface area contributed by atoms with Crippen LogP contribution in [0.1, 0.15) is 24.3 Å². The second kappa shape index (κ2) is 5.44. The largest absolute Gasteiger partial charge is 0.342 e. The van der Waals surface area contributed by atoms with Gasteiger partial charge >= 0.3 is 0 Å². The topological polar surface area (TPSA) is 46.3 Å². The van der Waals surface area contributed by atoms with Crippen molar-refractivity contribution in [1.29, 1.82) is 0 Å². The Morgan fingerprint density at radius 1 is 1.22 bits per heavy atom. The summed E-state index contributed by atoms with van der Waals surface area (Å²) in [6, 6.07) is 3.61. The van der Waals surface area contributed by atoms with E-state index in [0.717, 1.165) is 6.07 Å². The molecule has 0 aromatic heterocycles. The number of carbonyl (C=O) groups is 1. The monoisotopic (exact) mass is 254 g/mol. The van der Waals surface area contributed by atoms with Gasteiger partial charge in [0.2, 0.25) is 5.91 Å². The van der Waals surface area contributed by atoms with Crippen LogP contribution < -0.4 is 5.73 Å². The predicted octanol–water partition coefficient (Wildman–Crippen LogP) is 1.63. The lowest BCUT2D eigenvalue weighted by molar-refractivity contribution is -0.130. The zero-order chi connectivity index (χ0) is 13.1. The van der Waals surface area contributed by atoms with Crippen LogP contribution in [0.15, 0.2) is 18.2 Å². The number of halogens is 2. The summed E-state index contributed by atoms with van der Waals surface area (Å²) in [4.78, 5) is 13.1. The van der Waals surface area contributed by atoms with E-state index >= 15 is 0 Å². The van der Waals surface area contributed by atoms with E-state index in [-0.39, 0.29) is 18.4 Å². The zero-order valence-electron chi connectivity index (χ0n) is 10.0. The molecule has 1 amide bonds. The Hall–Kier alpha value is -1.49. The molecule has 1 heterocycles. The molecule has 1 aromatic carbocycles. The second-order valence-corrected chi connectivity index (χ2v) is 4.56. The number of piperidine rings is 1. The summed E-state index contributed by atoms with van der Waals surface area (Å²) < 4.78 is 26.2. The quantitative estimate of drug-likeness (QED) is 0.872. The number of hydrogen-bond acceptors (Lipinski definition) is 2. The highest BCUT2D eigenvalue weighted by Gasteiger charge is 2.23. The summed E-state index contributed by atoms with van der Waals surface area (Å²) in [5.41, 5.74) is 5.97. The van der Waals surface area contributed by atoms with E-state index in [4.69, 9.17) is 5.73 Å². The summed E-state index contributed by atoms with van der Waals surface area (Å²) in [7, 11) is 0. The normalized spacial score (nSPS) is 16.9. The number of rotatable bonds is 2. The molecule has 2 rings (SSSR count). The molecule has 1 fully saturated rings. The average molecular weight is 254 g/mol. The van der Waals surface area contributed by atoms with Gasteiger partial charge in [-0.2, -0.15) is 0 Å². The summed E-state index contributed by atoms with van der Waals surface area (Å²) in [6.07, 6.45) is 1.43. The van der Waals surface area contributed by atoms with Crippen molar-refractivity contribution < 1.29 is 13.6 Å². The van der Waals surface area contributed by atoms with E-state index < -0.39 is 11.6 Å². The van der Waals surface area contributed by atoms with Gasteiger partial charge < -0.3 is 10.6 Å². The lowest BCUT2D eigenvalue weighted by Crippen LogP contribution is -2.41. The summed E-state index contributed by atoms with van der Waals surface area (Å²) >= 11 is 0. The van der Waals surface area contributed by atoms with E-state index in [1.807, 2.05) is 0 Å². The molecule has 1 saturated heterocycles. The van der Waals surface area contributed by atoms with Crippen molar-refractivity contribution in [2.24, 2.45) is 5.73 Å². The van der Waals surface area contributed by atoms with Crippen molar-refractivity contribution in [3.05, 3.63) is 35.4 Å². The van der Waals surface area contributed by atoms with Crippen LogP contribution in [0, 0.1) is 11.6 Å². The van der Waals surface area contributed by atoms with Crippen LogP contribution in [0.3, 0.4) is 0 Å². The lowest BCUT2D eigenvalue weighted by atomic mass is 9.89. The minimum Gasteiger partial charge on any atom is -0.342 e. The first kappa shape index (κ1) is 13.0. The highest BCUT2D eigenvalue weighted by Crippen LogP contribution is 2.28. The summed E-state index contributed by atoms with van der Waals surface area (Å²) in [5, 5.41) is 0. The third-order valence-corrected chi connectivity index (χ3v) is 3.38. The highest BCUT2D eigenvalue weighted by molar-refractivity contribution is 5.78. The Kier molecular flexibility index (Phi) is 3.91. The van der Waals surface area contributed by atoms with Gasteiger partial charge in [0.05, 0.1) is 6.54 Å². The summed E-state index contributed by atoms with van der Waals surface area (Å²) in [6.45, 7) is 1.21. The van der Waals surface area contributed by atoms with Crippen LogP contribution in [0.25, 0.3) is 0 Å². The van der Waals surface area contributed by atoms with Crippen molar-refractivity contribution in [2.45, 2.75) is 18.8 Å². The summed E-state index contributed by atoms with van der Waals surface area (Å²) in [5.74, 6) is -1.06. The molecule has 1 aromatic rings. The molecule has 5 heteroatoms. The molecule has 1 aliphatic heterocycles. The Bertz CT molecular complexity index is 422. The predicted molar refractivity (Wildman–Crippen MR) is 64.0 cm³/mol. The van der Waals surface area contributed by atoms with Crippen LogP contribution in [-0.4, -0.2) is 30.4 Å². The van der Waals surface area contributed by atoms with Gasteiger partial charge in [-0.3, -0.25) is 4.79 Å². The van der Waals surface area contributed by atoms with Crippen LogP contribution in [0.2, 0.25) is 0 Å². The van der Waals surface area contributed by atoms with Crippen molar-refractivity contribution in [3.8, 4) is 0 Å². The number of nitrogens with zero attached hydrogens (tertiary/aromatic N) is 1. The van der Waals surface area contributed by atoms with Gasteiger partial charge in [-0.15, -0.1) is 0 Å². The number of likely N-dealkylation sites (tertiary alicyclic amines) is 1. The van der Waals surface area contributed by atoms with Gasteiger partial charge in [0, 0.05) is 19.2 Å². The first-order chi connectivity index (χ1) is 8.60. The van der Waals surface area contributed by atoms with Crippen molar-refractivity contribution in [2.75, 3.05) is 19.6 Å². The molecule has 0 radical (unpaired) electrons. The zero-order valence-corrected chi connectivity index (χ0v) is 10.0. The highest BCUT2D eigenvalue weighted by atomic mass is 19.1. The number of benzene rings is 1. The molecule has 0 bridgehead atoms. The van der Waals surface area contributed by atoms with Crippen LogP contribution in [-0.2, 0) is 4.79 Å². The van der Waals surface area contributed by atoms with E-state index in [9.17, 15) is 13.6 Å². The van der Waals surface area contributed by atoms with Crippen LogP contribution in [0.5, 0.6) is 0 Å². The first-order valence-corrected chi connectivity index (χ1v) is 6.04. The van der Waals surface area contributed by atoms with Crippen molar-refractivity contribution >= 4 is 5.91 Å². The molecule has 0 saturated carbocycles. The number of carbonyl (C=O) groups excluding carboxylic acids is 1.